The third-order valence-corrected chi connectivity index (χ3v) is 7.54. The van der Waals surface area contributed by atoms with Crippen molar-refractivity contribution in [3.8, 4) is 6.07 Å². The lowest BCUT2D eigenvalue weighted by atomic mass is 10.2. The third kappa shape index (κ3) is 4.96. The molecule has 0 spiro atoms. The standard InChI is InChI=1S/C20H20FN3O3S2/c21-15-8-10-16(11-9-15)29(26,27)24-13-3-6-18(24)20(25)23-17-5-1-2-7-19(17)28-14-4-12-22/h1-2,5,7-11,18H,3-4,6,13-14H2,(H,23,25). The van der Waals surface area contributed by atoms with Crippen LogP contribution in [-0.2, 0) is 14.8 Å². The molecule has 1 saturated heterocycles. The fourth-order valence-electron chi connectivity index (χ4n) is 3.15. The molecule has 1 aliphatic heterocycles. The molecule has 0 saturated carbocycles. The lowest BCUT2D eigenvalue weighted by Gasteiger charge is -2.24. The van der Waals surface area contributed by atoms with Crippen LogP contribution in [0.1, 0.15) is 19.3 Å². The molecule has 2 aromatic rings. The highest BCUT2D eigenvalue weighted by molar-refractivity contribution is 7.99. The minimum atomic E-state index is -3.91. The summed E-state index contributed by atoms with van der Waals surface area (Å²) < 4.78 is 40.2. The van der Waals surface area contributed by atoms with Crippen molar-refractivity contribution in [3.63, 3.8) is 0 Å². The number of nitrogens with zero attached hydrogens (tertiary/aromatic N) is 2. The van der Waals surface area contributed by atoms with Crippen LogP contribution < -0.4 is 5.32 Å². The normalized spacial score (nSPS) is 17.0. The van der Waals surface area contributed by atoms with Gasteiger partial charge in [-0.25, -0.2) is 12.8 Å². The summed E-state index contributed by atoms with van der Waals surface area (Å²) in [5, 5.41) is 11.5. The van der Waals surface area contributed by atoms with Gasteiger partial charge in [-0.3, -0.25) is 4.79 Å². The van der Waals surface area contributed by atoms with Crippen molar-refractivity contribution in [2.24, 2.45) is 0 Å². The largest absolute Gasteiger partial charge is 0.324 e. The second kappa shape index (κ2) is 9.39. The Morgan fingerprint density at radius 2 is 1.97 bits per heavy atom. The predicted molar refractivity (Wildman–Crippen MR) is 109 cm³/mol. The topological polar surface area (TPSA) is 90.3 Å². The van der Waals surface area contributed by atoms with Gasteiger partial charge < -0.3 is 5.32 Å². The Balaban J connectivity index is 1.77. The molecule has 1 heterocycles. The highest BCUT2D eigenvalue weighted by atomic mass is 32.2. The first kappa shape index (κ1) is 21.3. The molecule has 0 aliphatic carbocycles. The first-order chi connectivity index (χ1) is 13.9. The van der Waals surface area contributed by atoms with Gasteiger partial charge in [-0.15, -0.1) is 11.8 Å². The van der Waals surface area contributed by atoms with E-state index < -0.39 is 27.8 Å². The molecular weight excluding hydrogens is 413 g/mol. The van der Waals surface area contributed by atoms with Crippen molar-refractivity contribution >= 4 is 33.4 Å². The molecule has 2 aromatic carbocycles. The van der Waals surface area contributed by atoms with E-state index in [4.69, 9.17) is 5.26 Å². The van der Waals surface area contributed by atoms with Gasteiger partial charge in [-0.1, -0.05) is 12.1 Å². The minimum Gasteiger partial charge on any atom is -0.324 e. The SMILES string of the molecule is N#CCCSc1ccccc1NC(=O)C1CCCN1S(=O)(=O)c1ccc(F)cc1. The molecule has 0 bridgehead atoms. The van der Waals surface area contributed by atoms with Crippen LogP contribution in [0.4, 0.5) is 10.1 Å². The van der Waals surface area contributed by atoms with Crippen molar-refractivity contribution in [3.05, 3.63) is 54.3 Å². The van der Waals surface area contributed by atoms with Crippen molar-refractivity contribution in [2.45, 2.75) is 35.1 Å². The van der Waals surface area contributed by atoms with E-state index in [1.54, 1.807) is 12.1 Å². The monoisotopic (exact) mass is 433 g/mol. The first-order valence-corrected chi connectivity index (χ1v) is 11.5. The van der Waals surface area contributed by atoms with Gasteiger partial charge in [-0.2, -0.15) is 9.57 Å². The van der Waals surface area contributed by atoms with Crippen LogP contribution >= 0.6 is 11.8 Å². The number of anilines is 1. The van der Waals surface area contributed by atoms with Crippen molar-refractivity contribution in [1.82, 2.24) is 4.31 Å². The van der Waals surface area contributed by atoms with Crippen LogP contribution in [-0.4, -0.2) is 37.0 Å². The van der Waals surface area contributed by atoms with Gasteiger partial charge in [0.25, 0.3) is 0 Å². The molecule has 1 aliphatic rings. The number of rotatable bonds is 7. The summed E-state index contributed by atoms with van der Waals surface area (Å²) in [5.41, 5.74) is 0.589. The number of benzene rings is 2. The predicted octanol–water partition coefficient (Wildman–Crippen LogP) is 3.62. The van der Waals surface area contributed by atoms with Crippen LogP contribution in [0.2, 0.25) is 0 Å². The van der Waals surface area contributed by atoms with Crippen molar-refractivity contribution in [2.75, 3.05) is 17.6 Å². The third-order valence-electron chi connectivity index (χ3n) is 4.54. The number of carbonyl (C=O) groups is 1. The van der Waals surface area contributed by atoms with Crippen molar-refractivity contribution in [1.29, 1.82) is 5.26 Å². The number of carbonyl (C=O) groups excluding carboxylic acids is 1. The smallest absolute Gasteiger partial charge is 0.243 e. The van der Waals surface area contributed by atoms with E-state index in [1.165, 1.54) is 28.2 Å². The van der Waals surface area contributed by atoms with Crippen LogP contribution in [0.25, 0.3) is 0 Å². The summed E-state index contributed by atoms with van der Waals surface area (Å²) in [6.45, 7) is 0.233. The van der Waals surface area contributed by atoms with E-state index in [1.807, 2.05) is 12.1 Å². The van der Waals surface area contributed by atoms with Gasteiger partial charge in [0.2, 0.25) is 15.9 Å². The number of hydrogen-bond donors (Lipinski definition) is 1. The number of nitrogens with one attached hydrogen (secondary N) is 1. The minimum absolute atomic E-state index is 0.0361. The zero-order valence-electron chi connectivity index (χ0n) is 15.5. The van der Waals surface area contributed by atoms with E-state index in [-0.39, 0.29) is 11.4 Å². The number of nitriles is 1. The lowest BCUT2D eigenvalue weighted by Crippen LogP contribution is -2.43. The Hall–Kier alpha value is -2.41. The van der Waals surface area contributed by atoms with E-state index in [0.29, 0.717) is 30.7 Å². The average molecular weight is 434 g/mol. The molecule has 1 fully saturated rings. The van der Waals surface area contributed by atoms with Gasteiger partial charge in [-0.05, 0) is 49.2 Å². The average Bonchev–Trinajstić information content (AvgIpc) is 3.21. The van der Waals surface area contributed by atoms with Crippen LogP contribution in [0.3, 0.4) is 0 Å². The van der Waals surface area contributed by atoms with Gasteiger partial charge in [0.05, 0.1) is 16.7 Å². The molecule has 3 rings (SSSR count). The molecular formula is C20H20FN3O3S2. The maximum atomic E-state index is 13.2. The Labute approximate surface area is 173 Å². The molecule has 9 heteroatoms. The Morgan fingerprint density at radius 3 is 2.69 bits per heavy atom. The van der Waals surface area contributed by atoms with Crippen LogP contribution in [0.5, 0.6) is 0 Å². The van der Waals surface area contributed by atoms with Gasteiger partial charge in [0.15, 0.2) is 0 Å². The highest BCUT2D eigenvalue weighted by Crippen LogP contribution is 2.30. The molecule has 0 aromatic heterocycles. The first-order valence-electron chi connectivity index (χ1n) is 9.10. The molecule has 29 heavy (non-hydrogen) atoms. The quantitative estimate of drug-likeness (QED) is 0.532. The number of halogens is 1. The van der Waals surface area contributed by atoms with E-state index in [9.17, 15) is 17.6 Å². The second-order valence-corrected chi connectivity index (χ2v) is 9.50. The molecule has 6 nitrogen and oxygen atoms in total. The number of sulfonamides is 1. The summed E-state index contributed by atoms with van der Waals surface area (Å²) >= 11 is 1.46. The Kier molecular flexibility index (Phi) is 6.90. The highest BCUT2D eigenvalue weighted by Gasteiger charge is 2.39. The van der Waals surface area contributed by atoms with Crippen molar-refractivity contribution < 1.29 is 17.6 Å². The fourth-order valence-corrected chi connectivity index (χ4v) is 5.67. The molecule has 0 radical (unpaired) electrons. The Morgan fingerprint density at radius 1 is 1.24 bits per heavy atom. The summed E-state index contributed by atoms with van der Waals surface area (Å²) in [7, 11) is -3.91. The van der Waals surface area contributed by atoms with Gasteiger partial charge in [0.1, 0.15) is 11.9 Å². The van der Waals surface area contributed by atoms with Gasteiger partial charge >= 0.3 is 0 Å². The summed E-state index contributed by atoms with van der Waals surface area (Å²) in [6.07, 6.45) is 1.37. The summed E-state index contributed by atoms with van der Waals surface area (Å²) in [4.78, 5) is 13.7. The Bertz CT molecular complexity index is 1020. The van der Waals surface area contributed by atoms with Crippen LogP contribution in [0, 0.1) is 17.1 Å². The molecule has 152 valence electrons. The summed E-state index contributed by atoms with van der Waals surface area (Å²) in [6, 6.07) is 13.1. The zero-order chi connectivity index (χ0) is 20.9. The number of amides is 1. The molecule has 1 amide bonds. The lowest BCUT2D eigenvalue weighted by molar-refractivity contribution is -0.119. The van der Waals surface area contributed by atoms with Crippen LogP contribution in [0.15, 0.2) is 58.3 Å². The maximum Gasteiger partial charge on any atom is 0.243 e. The van der Waals surface area contributed by atoms with E-state index >= 15 is 0 Å². The summed E-state index contributed by atoms with van der Waals surface area (Å²) in [5.74, 6) is -0.329. The second-order valence-electron chi connectivity index (χ2n) is 6.47. The number of para-hydroxylation sites is 1. The fraction of sp³-hybridized carbons (Fsp3) is 0.300. The molecule has 1 unspecified atom stereocenters. The zero-order valence-corrected chi connectivity index (χ0v) is 17.2. The molecule has 1 N–H and O–H groups in total. The number of hydrogen-bond acceptors (Lipinski definition) is 5. The van der Waals surface area contributed by atoms with E-state index in [0.717, 1.165) is 17.0 Å². The number of thioether (sulfide) groups is 1. The maximum absolute atomic E-state index is 13.2. The molecule has 1 atom stereocenters. The van der Waals surface area contributed by atoms with E-state index in [2.05, 4.69) is 11.4 Å². The van der Waals surface area contributed by atoms with Gasteiger partial charge in [0, 0.05) is 23.6 Å².